The zero-order valence-corrected chi connectivity index (χ0v) is 14.0. The average Bonchev–Trinajstić information content (AvgIpc) is 2.93. The number of nitrogens with one attached hydrogen (secondary N) is 2. The second-order valence-corrected chi connectivity index (χ2v) is 6.41. The third kappa shape index (κ3) is 3.45. The number of hydrogen-bond acceptors (Lipinski definition) is 5. The van der Waals surface area contributed by atoms with E-state index < -0.39 is 24.4 Å². The van der Waals surface area contributed by atoms with E-state index >= 15 is 0 Å². The van der Waals surface area contributed by atoms with Crippen molar-refractivity contribution >= 4 is 17.7 Å². The van der Waals surface area contributed by atoms with Gasteiger partial charge in [0.25, 0.3) is 12.3 Å². The smallest absolute Gasteiger partial charge is 0.255 e. The van der Waals surface area contributed by atoms with Crippen molar-refractivity contribution in [2.24, 2.45) is 5.73 Å². The number of piperidine rings is 1. The van der Waals surface area contributed by atoms with E-state index in [1.807, 2.05) is 0 Å². The summed E-state index contributed by atoms with van der Waals surface area (Å²) in [5.74, 6) is -1.16. The largest absolute Gasteiger partial charge is 0.329 e. The number of benzene rings is 1. The van der Waals surface area contributed by atoms with Crippen LogP contribution in [0.4, 0.5) is 8.78 Å². The Morgan fingerprint density at radius 2 is 2.08 bits per heavy atom. The summed E-state index contributed by atoms with van der Waals surface area (Å²) in [7, 11) is 0. The van der Waals surface area contributed by atoms with Crippen LogP contribution in [0.2, 0.25) is 0 Å². The topological polar surface area (TPSA) is 105 Å². The zero-order valence-electron chi connectivity index (χ0n) is 14.0. The third-order valence-electron chi connectivity index (χ3n) is 4.75. The number of rotatable bonds is 6. The van der Waals surface area contributed by atoms with E-state index in [1.54, 1.807) is 18.2 Å². The summed E-state index contributed by atoms with van der Waals surface area (Å²) in [5, 5.41) is 4.92. The van der Waals surface area contributed by atoms with Crippen molar-refractivity contribution in [1.29, 1.82) is 0 Å². The number of imide groups is 1. The van der Waals surface area contributed by atoms with Gasteiger partial charge < -0.3 is 16.0 Å². The van der Waals surface area contributed by atoms with E-state index in [0.717, 1.165) is 5.56 Å². The van der Waals surface area contributed by atoms with Crippen LogP contribution < -0.4 is 16.4 Å². The van der Waals surface area contributed by atoms with Crippen molar-refractivity contribution in [3.05, 3.63) is 34.9 Å². The number of nitrogens with two attached hydrogens (primary N) is 1. The normalized spacial score (nSPS) is 21.2. The lowest BCUT2D eigenvalue weighted by Crippen LogP contribution is -2.52. The van der Waals surface area contributed by atoms with E-state index in [-0.39, 0.29) is 44.3 Å². The first-order chi connectivity index (χ1) is 12.4. The van der Waals surface area contributed by atoms with Crippen molar-refractivity contribution in [3.8, 4) is 0 Å². The summed E-state index contributed by atoms with van der Waals surface area (Å²) in [6.07, 6.45) is -2.15. The van der Waals surface area contributed by atoms with Crippen molar-refractivity contribution in [2.45, 2.75) is 44.4 Å². The predicted octanol–water partition coefficient (Wildman–Crippen LogP) is 0.130. The second kappa shape index (κ2) is 7.46. The molecule has 0 bridgehead atoms. The molecule has 0 saturated carbocycles. The number of fused-ring (bicyclic) bond motifs is 1. The minimum atomic E-state index is -2.60. The van der Waals surface area contributed by atoms with Gasteiger partial charge in [-0.3, -0.25) is 19.7 Å². The van der Waals surface area contributed by atoms with Gasteiger partial charge >= 0.3 is 0 Å². The maximum absolute atomic E-state index is 12.9. The molecular formula is C17H20F2N4O3. The molecule has 1 aromatic rings. The Labute approximate surface area is 148 Å². The molecule has 2 aliphatic heterocycles. The Balaban J connectivity index is 1.78. The molecule has 1 aromatic carbocycles. The lowest BCUT2D eigenvalue weighted by molar-refractivity contribution is -0.136. The third-order valence-corrected chi connectivity index (χ3v) is 4.75. The molecule has 2 unspecified atom stereocenters. The van der Waals surface area contributed by atoms with Crippen molar-refractivity contribution in [3.63, 3.8) is 0 Å². The molecule has 3 amide bonds. The summed E-state index contributed by atoms with van der Waals surface area (Å²) < 4.78 is 25.7. The van der Waals surface area contributed by atoms with Crippen molar-refractivity contribution in [2.75, 3.05) is 6.54 Å². The molecule has 0 radical (unpaired) electrons. The molecule has 9 heteroatoms. The van der Waals surface area contributed by atoms with Crippen molar-refractivity contribution < 1.29 is 23.2 Å². The van der Waals surface area contributed by atoms with E-state index in [2.05, 4.69) is 10.6 Å². The van der Waals surface area contributed by atoms with E-state index in [9.17, 15) is 23.2 Å². The fourth-order valence-corrected chi connectivity index (χ4v) is 3.35. The van der Waals surface area contributed by atoms with Gasteiger partial charge in [0.2, 0.25) is 11.8 Å². The van der Waals surface area contributed by atoms with Gasteiger partial charge in [0, 0.05) is 31.6 Å². The quantitative estimate of drug-likeness (QED) is 0.621. The summed E-state index contributed by atoms with van der Waals surface area (Å²) in [6.45, 7) is 0.108. The number of carbonyl (C=O) groups excluding carboxylic acids is 3. The van der Waals surface area contributed by atoms with E-state index in [1.165, 1.54) is 4.90 Å². The van der Waals surface area contributed by atoms with E-state index in [0.29, 0.717) is 11.1 Å². The first kappa shape index (κ1) is 18.4. The van der Waals surface area contributed by atoms with Gasteiger partial charge in [0.15, 0.2) is 0 Å². The second-order valence-electron chi connectivity index (χ2n) is 6.41. The van der Waals surface area contributed by atoms with Crippen LogP contribution in [-0.4, -0.2) is 47.7 Å². The van der Waals surface area contributed by atoms with Gasteiger partial charge in [0.05, 0.1) is 6.04 Å². The van der Waals surface area contributed by atoms with Crippen LogP contribution in [0.1, 0.15) is 34.3 Å². The summed E-state index contributed by atoms with van der Waals surface area (Å²) in [6, 6.07) is 3.35. The molecule has 0 spiro atoms. The van der Waals surface area contributed by atoms with Gasteiger partial charge in [-0.1, -0.05) is 18.2 Å². The molecule has 7 nitrogen and oxygen atoms in total. The zero-order chi connectivity index (χ0) is 18.8. The average molecular weight is 366 g/mol. The lowest BCUT2D eigenvalue weighted by Gasteiger charge is -2.29. The minimum Gasteiger partial charge on any atom is -0.329 e. The van der Waals surface area contributed by atoms with Crippen LogP contribution in [-0.2, 0) is 22.7 Å². The molecule has 0 aromatic heterocycles. The van der Waals surface area contributed by atoms with Crippen LogP contribution in [0.3, 0.4) is 0 Å². The fraction of sp³-hybridized carbons (Fsp3) is 0.471. The highest BCUT2D eigenvalue weighted by atomic mass is 19.3. The van der Waals surface area contributed by atoms with Gasteiger partial charge in [-0.25, -0.2) is 8.78 Å². The van der Waals surface area contributed by atoms with Crippen LogP contribution in [0.5, 0.6) is 0 Å². The molecule has 1 fully saturated rings. The summed E-state index contributed by atoms with van der Waals surface area (Å²) >= 11 is 0. The molecular weight excluding hydrogens is 346 g/mol. The number of alkyl halides is 2. The molecule has 2 aliphatic rings. The van der Waals surface area contributed by atoms with Gasteiger partial charge in [-0.05, 0) is 17.5 Å². The first-order valence-electron chi connectivity index (χ1n) is 8.39. The predicted molar refractivity (Wildman–Crippen MR) is 88.2 cm³/mol. The maximum Gasteiger partial charge on any atom is 0.255 e. The maximum atomic E-state index is 12.9. The molecule has 140 valence electrons. The Morgan fingerprint density at radius 1 is 1.31 bits per heavy atom. The summed E-state index contributed by atoms with van der Waals surface area (Å²) in [4.78, 5) is 37.7. The lowest BCUT2D eigenvalue weighted by atomic mass is 10.0. The summed E-state index contributed by atoms with van der Waals surface area (Å²) in [5.41, 5.74) is 7.08. The molecule has 2 atom stereocenters. The number of halogens is 2. The van der Waals surface area contributed by atoms with Gasteiger partial charge in [-0.15, -0.1) is 0 Å². The Morgan fingerprint density at radius 3 is 2.73 bits per heavy atom. The number of nitrogens with zero attached hydrogens (tertiary/aromatic N) is 1. The first-order valence-corrected chi connectivity index (χ1v) is 8.39. The highest BCUT2D eigenvalue weighted by Gasteiger charge is 2.39. The van der Waals surface area contributed by atoms with Crippen LogP contribution >= 0.6 is 0 Å². The molecule has 2 heterocycles. The van der Waals surface area contributed by atoms with Crippen LogP contribution in [0.25, 0.3) is 0 Å². The van der Waals surface area contributed by atoms with Crippen molar-refractivity contribution in [1.82, 2.24) is 15.5 Å². The van der Waals surface area contributed by atoms with Crippen LogP contribution in [0.15, 0.2) is 18.2 Å². The fourth-order valence-electron chi connectivity index (χ4n) is 3.35. The van der Waals surface area contributed by atoms with E-state index in [4.69, 9.17) is 5.73 Å². The number of carbonyl (C=O) groups is 3. The highest BCUT2D eigenvalue weighted by molar-refractivity contribution is 6.05. The Hall–Kier alpha value is -2.39. The molecule has 4 N–H and O–H groups in total. The molecule has 26 heavy (non-hydrogen) atoms. The molecule has 3 rings (SSSR count). The Bertz CT molecular complexity index is 741. The standard InChI is InChI=1S/C17H20F2N4O3/c18-15(19)11(6-20)21-7-9-2-1-3-10-8-23(17(26)14(9)10)12-4-5-13(24)22-16(12)25/h1-3,11-12,15,21H,4-8,20H2,(H,22,24,25). The Kier molecular flexibility index (Phi) is 5.28. The number of hydrogen-bond donors (Lipinski definition) is 3. The highest BCUT2D eigenvalue weighted by Crippen LogP contribution is 2.29. The minimum absolute atomic E-state index is 0.0737. The monoisotopic (exact) mass is 366 g/mol. The van der Waals surface area contributed by atoms with Gasteiger partial charge in [0.1, 0.15) is 6.04 Å². The molecule has 1 saturated heterocycles. The SMILES string of the molecule is NCC(NCc1cccc2c1C(=O)N(C1CCC(=O)NC1=O)C2)C(F)F. The van der Waals surface area contributed by atoms with Gasteiger partial charge in [-0.2, -0.15) is 0 Å². The van der Waals surface area contributed by atoms with Crippen LogP contribution in [0, 0.1) is 0 Å². The molecule has 0 aliphatic carbocycles. The number of amides is 3.